The number of thioether (sulfide) groups is 1. The molecule has 1 aliphatic rings. The number of anilines is 1. The molecule has 2 heterocycles. The molecule has 1 aromatic carbocycles. The number of nitrogens with zero attached hydrogens (tertiary/aromatic N) is 2. The average molecular weight is 425 g/mol. The van der Waals surface area contributed by atoms with Crippen molar-refractivity contribution in [1.29, 1.82) is 0 Å². The van der Waals surface area contributed by atoms with E-state index in [0.717, 1.165) is 4.88 Å². The lowest BCUT2D eigenvalue weighted by atomic mass is 10.2. The molecule has 0 saturated heterocycles. The third-order valence-electron chi connectivity index (χ3n) is 3.44. The second kappa shape index (κ2) is 8.77. The fourth-order valence-corrected chi connectivity index (χ4v) is 4.20. The third-order valence-corrected chi connectivity index (χ3v) is 5.63. The van der Waals surface area contributed by atoms with Crippen molar-refractivity contribution in [3.8, 4) is 5.75 Å². The number of thiophene rings is 1. The maximum atomic E-state index is 13.0. The summed E-state index contributed by atoms with van der Waals surface area (Å²) >= 11 is 14.8. The van der Waals surface area contributed by atoms with Gasteiger partial charge in [0.05, 0.1) is 17.8 Å². The number of hydrogen-bond donors (Lipinski definition) is 0. The fourth-order valence-electron chi connectivity index (χ4n) is 2.28. The van der Waals surface area contributed by atoms with E-state index in [1.807, 2.05) is 17.5 Å². The van der Waals surface area contributed by atoms with Gasteiger partial charge in [-0.3, -0.25) is 9.69 Å². The highest BCUT2D eigenvalue weighted by molar-refractivity contribution is 8.14. The van der Waals surface area contributed by atoms with Crippen molar-refractivity contribution in [1.82, 2.24) is 0 Å². The van der Waals surface area contributed by atoms with Gasteiger partial charge in [-0.1, -0.05) is 47.1 Å². The van der Waals surface area contributed by atoms with Gasteiger partial charge in [0.15, 0.2) is 5.17 Å². The molecule has 4 nitrogen and oxygen atoms in total. The van der Waals surface area contributed by atoms with Crippen molar-refractivity contribution in [2.75, 3.05) is 17.8 Å². The number of ether oxygens (including phenoxy) is 1. The molecule has 0 radical (unpaired) electrons. The van der Waals surface area contributed by atoms with Crippen LogP contribution in [0.5, 0.6) is 5.75 Å². The number of rotatable bonds is 5. The summed E-state index contributed by atoms with van der Waals surface area (Å²) in [6.07, 6.45) is 3.58. The Morgan fingerprint density at radius 2 is 2.23 bits per heavy atom. The summed E-state index contributed by atoms with van der Waals surface area (Å²) in [7, 11) is 1.55. The molecule has 26 heavy (non-hydrogen) atoms. The minimum Gasteiger partial charge on any atom is -0.495 e. The van der Waals surface area contributed by atoms with Crippen LogP contribution in [0.2, 0.25) is 5.02 Å². The van der Waals surface area contributed by atoms with Crippen LogP contribution in [-0.2, 0) is 4.79 Å². The lowest BCUT2D eigenvalue weighted by Gasteiger charge is -2.18. The molecule has 3 rings (SSSR count). The molecule has 0 saturated carbocycles. The SMILES string of the molecule is COc1ccc(N2C(=O)/C(=C/c3cccs3)N=C2SC/C=C/Cl)cc1Cl. The second-order valence-corrected chi connectivity index (χ2v) is 7.70. The zero-order chi connectivity index (χ0) is 18.5. The van der Waals surface area contributed by atoms with Crippen LogP contribution < -0.4 is 9.64 Å². The topological polar surface area (TPSA) is 41.9 Å². The van der Waals surface area contributed by atoms with Gasteiger partial charge in [-0.2, -0.15) is 0 Å². The molecule has 0 bridgehead atoms. The summed E-state index contributed by atoms with van der Waals surface area (Å²) in [5.74, 6) is 0.951. The highest BCUT2D eigenvalue weighted by atomic mass is 35.5. The molecule has 1 aliphatic heterocycles. The zero-order valence-corrected chi connectivity index (χ0v) is 16.8. The monoisotopic (exact) mass is 424 g/mol. The van der Waals surface area contributed by atoms with Crippen molar-refractivity contribution in [2.24, 2.45) is 4.99 Å². The summed E-state index contributed by atoms with van der Waals surface area (Å²) in [5, 5.41) is 2.96. The molecule has 1 amide bonds. The molecule has 0 spiro atoms. The number of carbonyl (C=O) groups is 1. The number of benzene rings is 1. The van der Waals surface area contributed by atoms with Crippen molar-refractivity contribution in [2.45, 2.75) is 0 Å². The van der Waals surface area contributed by atoms with E-state index < -0.39 is 0 Å². The minimum absolute atomic E-state index is 0.197. The molecular formula is C18H14Cl2N2O2S2. The second-order valence-electron chi connectivity index (χ2n) is 5.07. The Balaban J connectivity index is 1.97. The first-order valence-corrected chi connectivity index (χ1v) is 10.2. The maximum absolute atomic E-state index is 13.0. The van der Waals surface area contributed by atoms with Crippen molar-refractivity contribution >= 4 is 69.1 Å². The molecule has 0 N–H and O–H groups in total. The molecule has 0 aliphatic carbocycles. The van der Waals surface area contributed by atoms with E-state index in [4.69, 9.17) is 27.9 Å². The molecular weight excluding hydrogens is 411 g/mol. The number of aliphatic imine (C=N–C) groups is 1. The first-order valence-electron chi connectivity index (χ1n) is 7.54. The minimum atomic E-state index is -0.197. The molecule has 2 aromatic rings. The van der Waals surface area contributed by atoms with E-state index in [0.29, 0.717) is 33.1 Å². The first kappa shape index (κ1) is 19.0. The van der Waals surface area contributed by atoms with Gasteiger partial charge >= 0.3 is 0 Å². The molecule has 8 heteroatoms. The van der Waals surface area contributed by atoms with Gasteiger partial charge in [0.25, 0.3) is 5.91 Å². The third kappa shape index (κ3) is 4.15. The number of amides is 1. The summed E-state index contributed by atoms with van der Waals surface area (Å²) in [4.78, 5) is 20.0. The molecule has 0 fully saturated rings. The Bertz CT molecular complexity index is 893. The van der Waals surface area contributed by atoms with Gasteiger partial charge in [0.1, 0.15) is 11.4 Å². The summed E-state index contributed by atoms with van der Waals surface area (Å²) in [6, 6.07) is 9.08. The quantitative estimate of drug-likeness (QED) is 0.583. The number of carbonyl (C=O) groups excluding carboxylic acids is 1. The van der Waals surface area contributed by atoms with Crippen LogP contribution in [0.25, 0.3) is 6.08 Å². The largest absolute Gasteiger partial charge is 0.495 e. The van der Waals surface area contributed by atoms with Crippen LogP contribution in [0.15, 0.2) is 58.0 Å². The molecule has 134 valence electrons. The Labute approximate surface area is 169 Å². The van der Waals surface area contributed by atoms with Crippen molar-refractivity contribution in [3.63, 3.8) is 0 Å². The predicted molar refractivity (Wildman–Crippen MR) is 113 cm³/mol. The van der Waals surface area contributed by atoms with E-state index >= 15 is 0 Å². The molecule has 0 atom stereocenters. The molecule has 1 aromatic heterocycles. The standard InChI is InChI=1S/C18H14Cl2N2O2S2/c1-24-16-6-5-12(10-14(16)20)22-17(23)15(11-13-4-2-8-25-13)21-18(22)26-9-3-7-19/h2-8,10-11H,9H2,1H3/b7-3+,15-11-. The van der Waals surface area contributed by atoms with Gasteiger partial charge in [0.2, 0.25) is 0 Å². The average Bonchev–Trinajstić information content (AvgIpc) is 3.24. The van der Waals surface area contributed by atoms with Crippen molar-refractivity contribution in [3.05, 3.63) is 62.9 Å². The van der Waals surface area contributed by atoms with Gasteiger partial charge in [-0.25, -0.2) is 4.99 Å². The zero-order valence-electron chi connectivity index (χ0n) is 13.7. The van der Waals surface area contributed by atoms with Crippen LogP contribution in [0.1, 0.15) is 4.88 Å². The summed E-state index contributed by atoms with van der Waals surface area (Å²) in [5.41, 5.74) is 2.47. The Hall–Kier alpha value is -1.73. The van der Waals surface area contributed by atoms with E-state index in [1.165, 1.54) is 17.3 Å². The summed E-state index contributed by atoms with van der Waals surface area (Å²) in [6.45, 7) is 0. The van der Waals surface area contributed by atoms with Crippen LogP contribution in [0, 0.1) is 0 Å². The number of amidine groups is 1. The van der Waals surface area contributed by atoms with E-state index in [9.17, 15) is 4.79 Å². The normalized spacial score (nSPS) is 16.0. The maximum Gasteiger partial charge on any atom is 0.283 e. The van der Waals surface area contributed by atoms with E-state index in [-0.39, 0.29) is 5.91 Å². The highest BCUT2D eigenvalue weighted by Gasteiger charge is 2.32. The summed E-state index contributed by atoms with van der Waals surface area (Å²) < 4.78 is 5.18. The number of hydrogen-bond acceptors (Lipinski definition) is 5. The Kier molecular flexibility index (Phi) is 6.43. The van der Waals surface area contributed by atoms with Crippen molar-refractivity contribution < 1.29 is 9.53 Å². The van der Waals surface area contributed by atoms with Crippen LogP contribution >= 0.6 is 46.3 Å². The Morgan fingerprint density at radius 1 is 1.38 bits per heavy atom. The van der Waals surface area contributed by atoms with Gasteiger partial charge in [-0.15, -0.1) is 11.3 Å². The van der Waals surface area contributed by atoms with Gasteiger partial charge in [-0.05, 0) is 35.7 Å². The lowest BCUT2D eigenvalue weighted by Crippen LogP contribution is -2.30. The first-order chi connectivity index (χ1) is 12.6. The Morgan fingerprint density at radius 3 is 2.88 bits per heavy atom. The van der Waals surface area contributed by atoms with Crippen LogP contribution in [0.4, 0.5) is 5.69 Å². The highest BCUT2D eigenvalue weighted by Crippen LogP contribution is 2.34. The lowest BCUT2D eigenvalue weighted by molar-refractivity contribution is -0.113. The van der Waals surface area contributed by atoms with Gasteiger partial charge < -0.3 is 4.74 Å². The fraction of sp³-hybridized carbons (Fsp3) is 0.111. The number of halogens is 2. The predicted octanol–water partition coefficient (Wildman–Crippen LogP) is 5.64. The van der Waals surface area contributed by atoms with Crippen LogP contribution in [-0.4, -0.2) is 23.9 Å². The smallest absolute Gasteiger partial charge is 0.283 e. The number of methoxy groups -OCH3 is 1. The van der Waals surface area contributed by atoms with E-state index in [2.05, 4.69) is 4.99 Å². The molecule has 0 unspecified atom stereocenters. The van der Waals surface area contributed by atoms with Crippen LogP contribution in [0.3, 0.4) is 0 Å². The van der Waals surface area contributed by atoms with E-state index in [1.54, 1.807) is 53.7 Å². The van der Waals surface area contributed by atoms with Gasteiger partial charge in [0, 0.05) is 16.2 Å².